The summed E-state index contributed by atoms with van der Waals surface area (Å²) >= 11 is 0. The standard InChI is InChI=1S/C16H23N3O2/c1-12(17-7-6-16-18-8-9-19-16)13-4-5-15(21-3)14(10-13)11-20-2/h4-5,8-10,12,17H,6-7,11H2,1-3H3,(H,18,19). The van der Waals surface area contributed by atoms with E-state index < -0.39 is 0 Å². The van der Waals surface area contributed by atoms with E-state index in [9.17, 15) is 0 Å². The largest absolute Gasteiger partial charge is 0.496 e. The molecule has 1 unspecified atom stereocenters. The first-order chi connectivity index (χ1) is 10.2. The molecule has 114 valence electrons. The molecular formula is C16H23N3O2. The molecule has 1 aromatic heterocycles. The SMILES string of the molecule is COCc1cc(C(C)NCCc2ncc[nH]2)ccc1OC. The molecule has 5 nitrogen and oxygen atoms in total. The molecule has 0 saturated carbocycles. The van der Waals surface area contributed by atoms with Crippen LogP contribution in [-0.2, 0) is 17.8 Å². The van der Waals surface area contributed by atoms with Crippen molar-refractivity contribution in [2.24, 2.45) is 0 Å². The van der Waals surface area contributed by atoms with Crippen LogP contribution >= 0.6 is 0 Å². The van der Waals surface area contributed by atoms with E-state index in [1.807, 2.05) is 12.3 Å². The zero-order valence-corrected chi connectivity index (χ0v) is 12.8. The zero-order valence-electron chi connectivity index (χ0n) is 12.8. The van der Waals surface area contributed by atoms with Crippen LogP contribution in [0.3, 0.4) is 0 Å². The molecule has 0 aliphatic rings. The minimum Gasteiger partial charge on any atom is -0.496 e. The Bertz CT molecular complexity index is 540. The summed E-state index contributed by atoms with van der Waals surface area (Å²) in [5.41, 5.74) is 2.29. The second kappa shape index (κ2) is 7.81. The van der Waals surface area contributed by atoms with Gasteiger partial charge in [0.05, 0.1) is 13.7 Å². The Kier molecular flexibility index (Phi) is 5.78. The van der Waals surface area contributed by atoms with Crippen molar-refractivity contribution < 1.29 is 9.47 Å². The molecule has 5 heteroatoms. The summed E-state index contributed by atoms with van der Waals surface area (Å²) in [6.45, 7) is 3.58. The van der Waals surface area contributed by atoms with Crippen molar-refractivity contribution in [2.75, 3.05) is 20.8 Å². The Morgan fingerprint density at radius 3 is 2.86 bits per heavy atom. The molecule has 2 aromatic rings. The van der Waals surface area contributed by atoms with Crippen LogP contribution in [0.4, 0.5) is 0 Å². The number of methoxy groups -OCH3 is 2. The van der Waals surface area contributed by atoms with E-state index in [0.29, 0.717) is 6.61 Å². The number of rotatable bonds is 8. The molecule has 0 spiro atoms. The van der Waals surface area contributed by atoms with E-state index in [-0.39, 0.29) is 6.04 Å². The molecule has 0 bridgehead atoms. The van der Waals surface area contributed by atoms with Gasteiger partial charge in [-0.3, -0.25) is 0 Å². The van der Waals surface area contributed by atoms with Gasteiger partial charge in [-0.1, -0.05) is 6.07 Å². The van der Waals surface area contributed by atoms with Crippen molar-refractivity contribution in [1.82, 2.24) is 15.3 Å². The average molecular weight is 289 g/mol. The number of imidazole rings is 1. The lowest BCUT2D eigenvalue weighted by Crippen LogP contribution is -2.21. The predicted octanol–water partition coefficient (Wildman–Crippen LogP) is 2.46. The van der Waals surface area contributed by atoms with E-state index >= 15 is 0 Å². The maximum Gasteiger partial charge on any atom is 0.124 e. The van der Waals surface area contributed by atoms with Gasteiger partial charge >= 0.3 is 0 Å². The number of aromatic nitrogens is 2. The molecule has 0 amide bonds. The highest BCUT2D eigenvalue weighted by Crippen LogP contribution is 2.23. The number of H-pyrrole nitrogens is 1. The van der Waals surface area contributed by atoms with Crippen LogP contribution in [0, 0.1) is 0 Å². The van der Waals surface area contributed by atoms with Crippen molar-refractivity contribution in [1.29, 1.82) is 0 Å². The molecule has 1 atom stereocenters. The molecule has 0 aliphatic carbocycles. The lowest BCUT2D eigenvalue weighted by molar-refractivity contribution is 0.181. The van der Waals surface area contributed by atoms with Crippen LogP contribution in [0.1, 0.15) is 29.9 Å². The van der Waals surface area contributed by atoms with Crippen molar-refractivity contribution in [3.8, 4) is 5.75 Å². The second-order valence-electron chi connectivity index (χ2n) is 4.97. The smallest absolute Gasteiger partial charge is 0.124 e. The Morgan fingerprint density at radius 1 is 1.33 bits per heavy atom. The Labute approximate surface area is 125 Å². The monoisotopic (exact) mass is 289 g/mol. The zero-order chi connectivity index (χ0) is 15.1. The van der Waals surface area contributed by atoms with E-state index in [0.717, 1.165) is 30.1 Å². The molecule has 0 aliphatic heterocycles. The molecule has 2 N–H and O–H groups in total. The fraction of sp³-hybridized carbons (Fsp3) is 0.438. The van der Waals surface area contributed by atoms with Crippen LogP contribution in [0.5, 0.6) is 5.75 Å². The summed E-state index contributed by atoms with van der Waals surface area (Å²) in [5, 5.41) is 3.50. The van der Waals surface area contributed by atoms with E-state index in [2.05, 4.69) is 34.3 Å². The van der Waals surface area contributed by atoms with Gasteiger partial charge in [-0.2, -0.15) is 0 Å². The van der Waals surface area contributed by atoms with E-state index in [4.69, 9.17) is 9.47 Å². The van der Waals surface area contributed by atoms with Gasteiger partial charge in [0, 0.05) is 44.1 Å². The fourth-order valence-electron chi connectivity index (χ4n) is 2.30. The van der Waals surface area contributed by atoms with Gasteiger partial charge in [0.15, 0.2) is 0 Å². The lowest BCUT2D eigenvalue weighted by atomic mass is 10.0. The van der Waals surface area contributed by atoms with Crippen molar-refractivity contribution >= 4 is 0 Å². The van der Waals surface area contributed by atoms with Gasteiger partial charge in [0.25, 0.3) is 0 Å². The number of benzene rings is 1. The second-order valence-corrected chi connectivity index (χ2v) is 4.97. The Morgan fingerprint density at radius 2 is 2.19 bits per heavy atom. The van der Waals surface area contributed by atoms with Gasteiger partial charge in [-0.25, -0.2) is 4.98 Å². The number of nitrogens with one attached hydrogen (secondary N) is 2. The highest BCUT2D eigenvalue weighted by molar-refractivity contribution is 5.38. The van der Waals surface area contributed by atoms with E-state index in [1.165, 1.54) is 5.56 Å². The third kappa shape index (κ3) is 4.31. The van der Waals surface area contributed by atoms with Gasteiger partial charge < -0.3 is 19.8 Å². The molecule has 1 aromatic carbocycles. The molecule has 0 saturated heterocycles. The first-order valence-electron chi connectivity index (χ1n) is 7.12. The summed E-state index contributed by atoms with van der Waals surface area (Å²) in [6, 6.07) is 6.48. The van der Waals surface area contributed by atoms with Crippen molar-refractivity contribution in [3.63, 3.8) is 0 Å². The van der Waals surface area contributed by atoms with Crippen molar-refractivity contribution in [3.05, 3.63) is 47.5 Å². The Balaban J connectivity index is 1.94. The van der Waals surface area contributed by atoms with Gasteiger partial charge in [0.2, 0.25) is 0 Å². The maximum absolute atomic E-state index is 5.35. The molecule has 1 heterocycles. The molecule has 21 heavy (non-hydrogen) atoms. The third-order valence-electron chi connectivity index (χ3n) is 3.47. The first kappa shape index (κ1) is 15.5. The van der Waals surface area contributed by atoms with Crippen molar-refractivity contribution in [2.45, 2.75) is 26.0 Å². The lowest BCUT2D eigenvalue weighted by Gasteiger charge is -2.16. The number of nitrogens with zero attached hydrogens (tertiary/aromatic N) is 1. The van der Waals surface area contributed by atoms with Crippen LogP contribution < -0.4 is 10.1 Å². The molecule has 0 radical (unpaired) electrons. The fourth-order valence-corrected chi connectivity index (χ4v) is 2.30. The third-order valence-corrected chi connectivity index (χ3v) is 3.47. The highest BCUT2D eigenvalue weighted by atomic mass is 16.5. The average Bonchev–Trinajstić information content (AvgIpc) is 3.00. The summed E-state index contributed by atoms with van der Waals surface area (Å²) < 4.78 is 10.6. The van der Waals surface area contributed by atoms with Crippen LogP contribution in [0.15, 0.2) is 30.6 Å². The number of ether oxygens (including phenoxy) is 2. The molecule has 2 rings (SSSR count). The Hall–Kier alpha value is -1.85. The predicted molar refractivity (Wildman–Crippen MR) is 82.4 cm³/mol. The topological polar surface area (TPSA) is 59.2 Å². The summed E-state index contributed by atoms with van der Waals surface area (Å²) in [5.74, 6) is 1.87. The minimum atomic E-state index is 0.265. The minimum absolute atomic E-state index is 0.265. The van der Waals surface area contributed by atoms with E-state index in [1.54, 1.807) is 20.4 Å². The molecular weight excluding hydrogens is 266 g/mol. The van der Waals surface area contributed by atoms with Gasteiger partial charge in [0.1, 0.15) is 11.6 Å². The normalized spacial score (nSPS) is 12.3. The first-order valence-corrected chi connectivity index (χ1v) is 7.12. The summed E-state index contributed by atoms with van der Waals surface area (Å²) in [4.78, 5) is 7.33. The van der Waals surface area contributed by atoms with Gasteiger partial charge in [-0.15, -0.1) is 0 Å². The van der Waals surface area contributed by atoms with Crippen LogP contribution in [0.25, 0.3) is 0 Å². The van der Waals surface area contributed by atoms with Crippen LogP contribution in [-0.4, -0.2) is 30.7 Å². The summed E-state index contributed by atoms with van der Waals surface area (Å²) in [7, 11) is 3.37. The van der Waals surface area contributed by atoms with Gasteiger partial charge in [-0.05, 0) is 24.6 Å². The summed E-state index contributed by atoms with van der Waals surface area (Å²) in [6.07, 6.45) is 4.51. The number of hydrogen-bond donors (Lipinski definition) is 2. The maximum atomic E-state index is 5.35. The number of aromatic amines is 1. The van der Waals surface area contributed by atoms with Crippen LogP contribution in [0.2, 0.25) is 0 Å². The number of hydrogen-bond acceptors (Lipinski definition) is 4. The highest BCUT2D eigenvalue weighted by Gasteiger charge is 2.09. The quantitative estimate of drug-likeness (QED) is 0.784. The molecule has 0 fully saturated rings.